The van der Waals surface area contributed by atoms with Gasteiger partial charge in [0, 0.05) is 19.3 Å². The molecule has 1 atom stereocenters. The molecular weight excluding hydrogens is 212 g/mol. The number of aryl methyl sites for hydroxylation is 1. The zero-order valence-electron chi connectivity index (χ0n) is 11.3. The predicted octanol–water partition coefficient (Wildman–Crippen LogP) is 1.71. The maximum absolute atomic E-state index is 9.89. The van der Waals surface area contributed by atoms with E-state index in [1.165, 1.54) is 16.8 Å². The van der Waals surface area contributed by atoms with Crippen LogP contribution in [0.25, 0.3) is 0 Å². The van der Waals surface area contributed by atoms with Gasteiger partial charge in [-0.2, -0.15) is 0 Å². The lowest BCUT2D eigenvalue weighted by Crippen LogP contribution is -2.31. The summed E-state index contributed by atoms with van der Waals surface area (Å²) in [5, 5.41) is 12.9. The summed E-state index contributed by atoms with van der Waals surface area (Å²) in [4.78, 5) is 2.13. The first kappa shape index (κ1) is 14.0. The number of hydrogen-bond acceptors (Lipinski definition) is 3. The van der Waals surface area contributed by atoms with Crippen LogP contribution in [0.2, 0.25) is 0 Å². The maximum atomic E-state index is 9.89. The number of aliphatic hydroxyl groups excluding tert-OH is 1. The molecule has 96 valence electrons. The molecule has 0 aliphatic carbocycles. The first-order valence-electron chi connectivity index (χ1n) is 6.16. The number of aliphatic hydroxyl groups is 1. The van der Waals surface area contributed by atoms with Gasteiger partial charge in [0.1, 0.15) is 0 Å². The Morgan fingerprint density at radius 2 is 2.06 bits per heavy atom. The van der Waals surface area contributed by atoms with Crippen LogP contribution in [-0.2, 0) is 0 Å². The van der Waals surface area contributed by atoms with E-state index >= 15 is 0 Å². The molecule has 1 aromatic carbocycles. The summed E-state index contributed by atoms with van der Waals surface area (Å²) in [5.74, 6) is 0. The minimum atomic E-state index is -0.285. The summed E-state index contributed by atoms with van der Waals surface area (Å²) in [6, 6.07) is 6.28. The van der Waals surface area contributed by atoms with Crippen LogP contribution in [0.4, 0.5) is 5.69 Å². The van der Waals surface area contributed by atoms with E-state index in [2.05, 4.69) is 42.3 Å². The molecule has 0 heterocycles. The minimum absolute atomic E-state index is 0.285. The van der Waals surface area contributed by atoms with Crippen LogP contribution < -0.4 is 10.2 Å². The molecule has 0 aliphatic heterocycles. The van der Waals surface area contributed by atoms with Gasteiger partial charge < -0.3 is 15.3 Å². The Bertz CT molecular complexity index is 352. The number of nitrogens with one attached hydrogen (secondary N) is 1. The number of rotatable bonds is 6. The van der Waals surface area contributed by atoms with Crippen LogP contribution in [0, 0.1) is 13.8 Å². The van der Waals surface area contributed by atoms with E-state index in [9.17, 15) is 5.11 Å². The largest absolute Gasteiger partial charge is 0.391 e. The number of nitrogens with zero attached hydrogens (tertiary/aromatic N) is 1. The normalized spacial score (nSPS) is 12.5. The van der Waals surface area contributed by atoms with Crippen LogP contribution in [0.5, 0.6) is 0 Å². The second-order valence-corrected chi connectivity index (χ2v) is 4.65. The van der Waals surface area contributed by atoms with Gasteiger partial charge in [0.05, 0.1) is 6.10 Å². The number of anilines is 1. The van der Waals surface area contributed by atoms with Crippen molar-refractivity contribution in [2.75, 3.05) is 32.1 Å². The third-order valence-electron chi connectivity index (χ3n) is 3.20. The molecule has 17 heavy (non-hydrogen) atoms. The van der Waals surface area contributed by atoms with Crippen molar-refractivity contribution in [1.29, 1.82) is 0 Å². The molecule has 2 N–H and O–H groups in total. The topological polar surface area (TPSA) is 35.5 Å². The Morgan fingerprint density at radius 3 is 2.71 bits per heavy atom. The van der Waals surface area contributed by atoms with E-state index < -0.39 is 0 Å². The number of benzene rings is 1. The van der Waals surface area contributed by atoms with Crippen molar-refractivity contribution < 1.29 is 5.11 Å². The summed E-state index contributed by atoms with van der Waals surface area (Å²) in [7, 11) is 3.94. The molecule has 1 rings (SSSR count). The lowest BCUT2D eigenvalue weighted by molar-refractivity contribution is 0.171. The molecule has 0 bridgehead atoms. The Balaban J connectivity index is 2.63. The molecule has 0 fully saturated rings. The van der Waals surface area contributed by atoms with Crippen LogP contribution in [0.15, 0.2) is 18.2 Å². The summed E-state index contributed by atoms with van der Waals surface area (Å²) in [6.07, 6.45) is 0.499. The molecule has 0 radical (unpaired) electrons. The molecule has 0 spiro atoms. The molecule has 0 saturated heterocycles. The van der Waals surface area contributed by atoms with Gasteiger partial charge in [-0.25, -0.2) is 0 Å². The summed E-state index contributed by atoms with van der Waals surface area (Å²) >= 11 is 0. The third-order valence-corrected chi connectivity index (χ3v) is 3.20. The SMILES string of the molecule is CNCCC(O)CN(C)c1cccc(C)c1C. The van der Waals surface area contributed by atoms with Gasteiger partial charge in [0.2, 0.25) is 0 Å². The van der Waals surface area contributed by atoms with E-state index in [1.807, 2.05) is 14.1 Å². The lowest BCUT2D eigenvalue weighted by Gasteiger charge is -2.25. The van der Waals surface area contributed by atoms with Gasteiger partial charge in [0.25, 0.3) is 0 Å². The monoisotopic (exact) mass is 236 g/mol. The van der Waals surface area contributed by atoms with E-state index in [-0.39, 0.29) is 6.10 Å². The maximum Gasteiger partial charge on any atom is 0.0727 e. The highest BCUT2D eigenvalue weighted by molar-refractivity contribution is 5.55. The molecule has 3 heteroatoms. The zero-order valence-corrected chi connectivity index (χ0v) is 11.3. The standard InChI is InChI=1S/C14H24N2O/c1-11-6-5-7-14(12(11)2)16(4)10-13(17)8-9-15-3/h5-7,13,15,17H,8-10H2,1-4H3. The van der Waals surface area contributed by atoms with Crippen LogP contribution in [-0.4, -0.2) is 38.4 Å². The molecule has 1 unspecified atom stereocenters. The Morgan fingerprint density at radius 1 is 1.35 bits per heavy atom. The van der Waals surface area contributed by atoms with Crippen LogP contribution in [0.3, 0.4) is 0 Å². The van der Waals surface area contributed by atoms with Crippen molar-refractivity contribution in [3.8, 4) is 0 Å². The molecule has 0 saturated carbocycles. The van der Waals surface area contributed by atoms with E-state index in [0.29, 0.717) is 6.54 Å². The quantitative estimate of drug-likeness (QED) is 0.789. The van der Waals surface area contributed by atoms with Crippen molar-refractivity contribution in [3.63, 3.8) is 0 Å². The van der Waals surface area contributed by atoms with E-state index in [0.717, 1.165) is 13.0 Å². The summed E-state index contributed by atoms with van der Waals surface area (Å²) in [6.45, 7) is 5.76. The van der Waals surface area contributed by atoms with Gasteiger partial charge in [-0.15, -0.1) is 0 Å². The van der Waals surface area contributed by atoms with Gasteiger partial charge in [0.15, 0.2) is 0 Å². The molecule has 0 aliphatic rings. The number of hydrogen-bond donors (Lipinski definition) is 2. The number of likely N-dealkylation sites (N-methyl/N-ethyl adjacent to an activating group) is 1. The predicted molar refractivity (Wildman–Crippen MR) is 73.7 cm³/mol. The third kappa shape index (κ3) is 4.02. The minimum Gasteiger partial charge on any atom is -0.391 e. The molecular formula is C14H24N2O. The second-order valence-electron chi connectivity index (χ2n) is 4.65. The fourth-order valence-corrected chi connectivity index (χ4v) is 1.97. The highest BCUT2D eigenvalue weighted by Crippen LogP contribution is 2.21. The highest BCUT2D eigenvalue weighted by atomic mass is 16.3. The Kier molecular flexibility index (Phi) is 5.45. The summed E-state index contributed by atoms with van der Waals surface area (Å²) < 4.78 is 0. The first-order chi connectivity index (χ1) is 8.06. The van der Waals surface area contributed by atoms with E-state index in [4.69, 9.17) is 0 Å². The van der Waals surface area contributed by atoms with Gasteiger partial charge in [-0.05, 0) is 51.1 Å². The highest BCUT2D eigenvalue weighted by Gasteiger charge is 2.10. The molecule has 1 aromatic rings. The molecule has 0 aromatic heterocycles. The fourth-order valence-electron chi connectivity index (χ4n) is 1.97. The first-order valence-corrected chi connectivity index (χ1v) is 6.16. The lowest BCUT2D eigenvalue weighted by atomic mass is 10.1. The smallest absolute Gasteiger partial charge is 0.0727 e. The fraction of sp³-hybridized carbons (Fsp3) is 0.571. The second kappa shape index (κ2) is 6.62. The van der Waals surface area contributed by atoms with E-state index in [1.54, 1.807) is 0 Å². The average Bonchev–Trinajstić information content (AvgIpc) is 2.29. The zero-order chi connectivity index (χ0) is 12.8. The van der Waals surface area contributed by atoms with Crippen molar-refractivity contribution in [2.45, 2.75) is 26.4 Å². The van der Waals surface area contributed by atoms with Crippen molar-refractivity contribution >= 4 is 5.69 Å². The van der Waals surface area contributed by atoms with Gasteiger partial charge >= 0.3 is 0 Å². The summed E-state index contributed by atoms with van der Waals surface area (Å²) in [5.41, 5.74) is 3.78. The van der Waals surface area contributed by atoms with Crippen molar-refractivity contribution in [3.05, 3.63) is 29.3 Å². The Labute approximate surface area is 104 Å². The Hall–Kier alpha value is -1.06. The van der Waals surface area contributed by atoms with Crippen molar-refractivity contribution in [2.24, 2.45) is 0 Å². The van der Waals surface area contributed by atoms with Crippen LogP contribution in [0.1, 0.15) is 17.5 Å². The van der Waals surface area contributed by atoms with Gasteiger partial charge in [-0.3, -0.25) is 0 Å². The van der Waals surface area contributed by atoms with Crippen LogP contribution >= 0.6 is 0 Å². The van der Waals surface area contributed by atoms with Gasteiger partial charge in [-0.1, -0.05) is 12.1 Å². The molecule has 3 nitrogen and oxygen atoms in total. The average molecular weight is 236 g/mol. The molecule has 0 amide bonds. The van der Waals surface area contributed by atoms with Crippen molar-refractivity contribution in [1.82, 2.24) is 5.32 Å².